The molecule has 1 N–H and O–H groups in total. The lowest BCUT2D eigenvalue weighted by Crippen LogP contribution is -2.12. The van der Waals surface area contributed by atoms with Crippen molar-refractivity contribution in [1.29, 1.82) is 0 Å². The van der Waals surface area contributed by atoms with Gasteiger partial charge in [-0.2, -0.15) is 5.10 Å². The van der Waals surface area contributed by atoms with Crippen LogP contribution in [-0.2, 0) is 13.2 Å². The molecular weight excluding hydrogens is 410 g/mol. The van der Waals surface area contributed by atoms with Gasteiger partial charge in [0.1, 0.15) is 12.4 Å². The number of anilines is 1. The van der Waals surface area contributed by atoms with E-state index in [4.69, 9.17) is 16.3 Å². The fourth-order valence-electron chi connectivity index (χ4n) is 3.12. The third-order valence-corrected chi connectivity index (χ3v) is 4.98. The maximum Gasteiger partial charge on any atom is 0.255 e. The molecule has 0 unspecified atom stereocenters. The second-order valence-corrected chi connectivity index (χ2v) is 7.75. The normalized spacial score (nSPS) is 10.6. The number of hydrogen-bond acceptors (Lipinski definition) is 3. The van der Waals surface area contributed by atoms with Crippen molar-refractivity contribution >= 4 is 23.2 Å². The first-order chi connectivity index (χ1) is 15.0. The van der Waals surface area contributed by atoms with Gasteiger partial charge in [-0.05, 0) is 48.4 Å². The van der Waals surface area contributed by atoms with Gasteiger partial charge in [-0.1, -0.05) is 59.6 Å². The molecule has 0 bridgehead atoms. The number of carbonyl (C=O) groups excluding carboxylic acids is 1. The molecule has 1 amide bonds. The second kappa shape index (κ2) is 9.49. The van der Waals surface area contributed by atoms with E-state index in [9.17, 15) is 4.79 Å². The topological polar surface area (TPSA) is 56.2 Å². The average Bonchev–Trinajstić information content (AvgIpc) is 3.21. The van der Waals surface area contributed by atoms with Gasteiger partial charge in [-0.15, -0.1) is 0 Å². The minimum absolute atomic E-state index is 0.195. The Hall–Kier alpha value is -3.57. The first-order valence-electron chi connectivity index (χ1n) is 9.92. The molecule has 0 aliphatic rings. The summed E-state index contributed by atoms with van der Waals surface area (Å²) in [6.45, 7) is 3.05. The summed E-state index contributed by atoms with van der Waals surface area (Å²) in [5.74, 6) is 0.489. The summed E-state index contributed by atoms with van der Waals surface area (Å²) in [6.07, 6.45) is 3.47. The zero-order valence-corrected chi connectivity index (χ0v) is 17.8. The monoisotopic (exact) mass is 431 g/mol. The number of benzene rings is 3. The van der Waals surface area contributed by atoms with Crippen molar-refractivity contribution in [1.82, 2.24) is 9.78 Å². The Morgan fingerprint density at radius 3 is 2.65 bits per heavy atom. The molecule has 156 valence electrons. The van der Waals surface area contributed by atoms with E-state index in [2.05, 4.69) is 41.6 Å². The van der Waals surface area contributed by atoms with Gasteiger partial charge in [0.05, 0.1) is 18.4 Å². The van der Waals surface area contributed by atoms with E-state index < -0.39 is 0 Å². The lowest BCUT2D eigenvalue weighted by molar-refractivity contribution is 0.102. The zero-order valence-electron chi connectivity index (χ0n) is 17.1. The second-order valence-electron chi connectivity index (χ2n) is 7.31. The summed E-state index contributed by atoms with van der Waals surface area (Å²) in [6, 6.07) is 22.9. The average molecular weight is 432 g/mol. The summed E-state index contributed by atoms with van der Waals surface area (Å²) < 4.78 is 7.56. The molecule has 0 atom stereocenters. The molecule has 0 spiro atoms. The zero-order chi connectivity index (χ0) is 21.6. The van der Waals surface area contributed by atoms with E-state index in [0.717, 1.165) is 11.1 Å². The highest BCUT2D eigenvalue weighted by atomic mass is 35.5. The predicted molar refractivity (Wildman–Crippen MR) is 123 cm³/mol. The molecule has 0 aliphatic carbocycles. The molecule has 4 rings (SSSR count). The molecular formula is C25H22ClN3O2. The number of aryl methyl sites for hydroxylation is 1. The minimum Gasteiger partial charge on any atom is -0.489 e. The van der Waals surface area contributed by atoms with Gasteiger partial charge in [-0.25, -0.2) is 0 Å². The largest absolute Gasteiger partial charge is 0.489 e. The number of nitrogens with one attached hydrogen (secondary N) is 1. The summed E-state index contributed by atoms with van der Waals surface area (Å²) in [4.78, 5) is 12.7. The minimum atomic E-state index is -0.195. The van der Waals surface area contributed by atoms with Crippen molar-refractivity contribution in [3.05, 3.63) is 112 Å². The highest BCUT2D eigenvalue weighted by Crippen LogP contribution is 2.19. The van der Waals surface area contributed by atoms with E-state index in [1.165, 1.54) is 5.56 Å². The van der Waals surface area contributed by atoms with Crippen molar-refractivity contribution in [2.45, 2.75) is 20.1 Å². The van der Waals surface area contributed by atoms with Gasteiger partial charge in [0.15, 0.2) is 0 Å². The molecule has 6 heteroatoms. The molecule has 4 aromatic rings. The van der Waals surface area contributed by atoms with Crippen LogP contribution in [0, 0.1) is 6.92 Å². The third kappa shape index (κ3) is 5.74. The van der Waals surface area contributed by atoms with E-state index in [1.54, 1.807) is 29.1 Å². The first kappa shape index (κ1) is 20.7. The Morgan fingerprint density at radius 1 is 1.03 bits per heavy atom. The maximum atomic E-state index is 12.7. The Morgan fingerprint density at radius 2 is 1.84 bits per heavy atom. The molecule has 5 nitrogen and oxygen atoms in total. The SMILES string of the molecule is Cc1ccc(Cn2cc(NC(=O)c3cccc(COc4cccc(Cl)c4)c3)cn2)cc1. The molecule has 0 saturated heterocycles. The highest BCUT2D eigenvalue weighted by molar-refractivity contribution is 6.30. The van der Waals surface area contributed by atoms with Crippen molar-refractivity contribution < 1.29 is 9.53 Å². The fraction of sp³-hybridized carbons (Fsp3) is 0.120. The smallest absolute Gasteiger partial charge is 0.255 e. The third-order valence-electron chi connectivity index (χ3n) is 4.75. The number of ether oxygens (including phenoxy) is 1. The van der Waals surface area contributed by atoms with Crippen LogP contribution in [0.25, 0.3) is 0 Å². The number of aromatic nitrogens is 2. The van der Waals surface area contributed by atoms with E-state index >= 15 is 0 Å². The summed E-state index contributed by atoms with van der Waals surface area (Å²) >= 11 is 5.98. The van der Waals surface area contributed by atoms with Gasteiger partial charge in [0.25, 0.3) is 5.91 Å². The first-order valence-corrected chi connectivity index (χ1v) is 10.3. The highest BCUT2D eigenvalue weighted by Gasteiger charge is 2.09. The van der Waals surface area contributed by atoms with Crippen molar-refractivity contribution in [3.8, 4) is 5.75 Å². The van der Waals surface area contributed by atoms with Crippen LogP contribution in [0.4, 0.5) is 5.69 Å². The Labute approximate surface area is 186 Å². The number of hydrogen-bond donors (Lipinski definition) is 1. The van der Waals surface area contributed by atoms with Crippen LogP contribution < -0.4 is 10.1 Å². The predicted octanol–water partition coefficient (Wildman–Crippen LogP) is 5.72. The van der Waals surface area contributed by atoms with Crippen LogP contribution in [0.5, 0.6) is 5.75 Å². The molecule has 0 radical (unpaired) electrons. The Bertz CT molecular complexity index is 1190. The lowest BCUT2D eigenvalue weighted by atomic mass is 10.1. The van der Waals surface area contributed by atoms with Gasteiger partial charge in [0, 0.05) is 16.8 Å². The van der Waals surface area contributed by atoms with Crippen LogP contribution in [-0.4, -0.2) is 15.7 Å². The van der Waals surface area contributed by atoms with Crippen LogP contribution in [0.2, 0.25) is 5.02 Å². The maximum absolute atomic E-state index is 12.7. The number of halogens is 1. The number of rotatable bonds is 7. The Balaban J connectivity index is 1.37. The molecule has 3 aromatic carbocycles. The molecule has 0 fully saturated rings. The van der Waals surface area contributed by atoms with E-state index in [0.29, 0.717) is 35.2 Å². The molecule has 1 aromatic heterocycles. The molecule has 0 saturated carbocycles. The number of amides is 1. The number of nitrogens with zero attached hydrogens (tertiary/aromatic N) is 2. The Kier molecular flexibility index (Phi) is 6.34. The molecule has 0 aliphatic heterocycles. The molecule has 31 heavy (non-hydrogen) atoms. The van der Waals surface area contributed by atoms with Gasteiger partial charge < -0.3 is 10.1 Å². The van der Waals surface area contributed by atoms with Gasteiger partial charge in [0.2, 0.25) is 0 Å². The molecule has 1 heterocycles. The van der Waals surface area contributed by atoms with Crippen LogP contribution in [0.3, 0.4) is 0 Å². The summed E-state index contributed by atoms with van der Waals surface area (Å²) in [5, 5.41) is 7.86. The van der Waals surface area contributed by atoms with Gasteiger partial charge >= 0.3 is 0 Å². The van der Waals surface area contributed by atoms with E-state index in [-0.39, 0.29) is 5.91 Å². The number of carbonyl (C=O) groups is 1. The van der Waals surface area contributed by atoms with Crippen LogP contribution in [0.1, 0.15) is 27.0 Å². The van der Waals surface area contributed by atoms with Gasteiger partial charge in [-0.3, -0.25) is 9.48 Å². The standard InChI is InChI=1S/C25H22ClN3O2/c1-18-8-10-19(11-9-18)15-29-16-23(14-27-29)28-25(30)21-5-2-4-20(12-21)17-31-24-7-3-6-22(26)13-24/h2-14,16H,15,17H2,1H3,(H,28,30). The lowest BCUT2D eigenvalue weighted by Gasteiger charge is -2.08. The fourth-order valence-corrected chi connectivity index (χ4v) is 3.30. The summed E-state index contributed by atoms with van der Waals surface area (Å²) in [7, 11) is 0. The van der Waals surface area contributed by atoms with Crippen LogP contribution >= 0.6 is 11.6 Å². The van der Waals surface area contributed by atoms with E-state index in [1.807, 2.05) is 36.5 Å². The summed E-state index contributed by atoms with van der Waals surface area (Å²) in [5.41, 5.74) is 4.47. The van der Waals surface area contributed by atoms with Crippen molar-refractivity contribution in [3.63, 3.8) is 0 Å². The quantitative estimate of drug-likeness (QED) is 0.407. The van der Waals surface area contributed by atoms with Crippen molar-refractivity contribution in [2.75, 3.05) is 5.32 Å². The van der Waals surface area contributed by atoms with Crippen molar-refractivity contribution in [2.24, 2.45) is 0 Å². The van der Waals surface area contributed by atoms with Crippen LogP contribution in [0.15, 0.2) is 85.2 Å².